The van der Waals surface area contributed by atoms with Gasteiger partial charge in [0.05, 0.1) is 12.0 Å². The summed E-state index contributed by atoms with van der Waals surface area (Å²) in [6, 6.07) is 18.4. The molecule has 9 nitrogen and oxygen atoms in total. The van der Waals surface area contributed by atoms with Crippen LogP contribution < -0.4 is 19.1 Å². The molecule has 3 aromatic rings. The fourth-order valence-electron chi connectivity index (χ4n) is 4.42. The lowest BCUT2D eigenvalue weighted by atomic mass is 9.92. The van der Waals surface area contributed by atoms with Crippen molar-refractivity contribution in [1.29, 1.82) is 0 Å². The topological polar surface area (TPSA) is 91.9 Å². The summed E-state index contributed by atoms with van der Waals surface area (Å²) in [7, 11) is 0. The second kappa shape index (κ2) is 9.24. The Morgan fingerprint density at radius 2 is 1.85 bits per heavy atom. The van der Waals surface area contributed by atoms with Gasteiger partial charge in [-0.15, -0.1) is 0 Å². The van der Waals surface area contributed by atoms with Crippen molar-refractivity contribution in [2.45, 2.75) is 32.4 Å². The Kier molecular flexibility index (Phi) is 6.00. The van der Waals surface area contributed by atoms with Crippen LogP contribution in [0.2, 0.25) is 0 Å². The van der Waals surface area contributed by atoms with E-state index in [2.05, 4.69) is 22.0 Å². The quantitative estimate of drug-likeness (QED) is 0.380. The van der Waals surface area contributed by atoms with Crippen LogP contribution in [0.5, 0.6) is 17.5 Å². The highest BCUT2D eigenvalue weighted by Gasteiger charge is 2.36. The zero-order valence-corrected chi connectivity index (χ0v) is 19.1. The molecule has 0 N–H and O–H groups in total. The summed E-state index contributed by atoms with van der Waals surface area (Å²) >= 11 is 0. The molecule has 0 spiro atoms. The maximum atomic E-state index is 11.0. The second-order valence-corrected chi connectivity index (χ2v) is 9.27. The van der Waals surface area contributed by atoms with Crippen LogP contribution in [0.15, 0.2) is 60.8 Å². The van der Waals surface area contributed by atoms with E-state index < -0.39 is 4.92 Å². The Labute approximate surface area is 198 Å². The molecule has 0 bridgehead atoms. The summed E-state index contributed by atoms with van der Waals surface area (Å²) in [6.07, 6.45) is 3.63. The van der Waals surface area contributed by atoms with Crippen molar-refractivity contribution >= 4 is 11.5 Å². The Hall–Kier alpha value is -3.75. The van der Waals surface area contributed by atoms with Gasteiger partial charge in [0.2, 0.25) is 0 Å². The van der Waals surface area contributed by atoms with E-state index in [4.69, 9.17) is 14.2 Å². The number of hydrogen-bond donors (Lipinski definition) is 0. The SMILES string of the molecule is C[C@@]1(COc2ccc(N3CCC(Oc4ccccc4)CC3)cc2)COc2nc([N+](=O)[O-])cn2C1. The summed E-state index contributed by atoms with van der Waals surface area (Å²) in [6.45, 7) is 5.30. The molecule has 0 amide bonds. The summed E-state index contributed by atoms with van der Waals surface area (Å²) in [4.78, 5) is 16.7. The third kappa shape index (κ3) is 4.93. The molecule has 1 saturated heterocycles. The van der Waals surface area contributed by atoms with Gasteiger partial charge in [0.25, 0.3) is 0 Å². The fourth-order valence-corrected chi connectivity index (χ4v) is 4.42. The number of aromatic nitrogens is 2. The maximum Gasteiger partial charge on any atom is 0.414 e. The van der Waals surface area contributed by atoms with Crippen LogP contribution in [0.4, 0.5) is 11.5 Å². The largest absolute Gasteiger partial charge is 0.493 e. The van der Waals surface area contributed by atoms with Crippen LogP contribution in [0.1, 0.15) is 19.8 Å². The van der Waals surface area contributed by atoms with E-state index in [1.807, 2.05) is 49.4 Å². The lowest BCUT2D eigenvalue weighted by Gasteiger charge is -2.34. The van der Waals surface area contributed by atoms with Crippen LogP contribution in [0.3, 0.4) is 0 Å². The van der Waals surface area contributed by atoms with Crippen LogP contribution in [0.25, 0.3) is 0 Å². The summed E-state index contributed by atoms with van der Waals surface area (Å²) in [5, 5.41) is 11.0. The molecule has 5 rings (SSSR count). The minimum Gasteiger partial charge on any atom is -0.493 e. The number of para-hydroxylation sites is 1. The van der Waals surface area contributed by atoms with Crippen LogP contribution in [-0.4, -0.2) is 46.9 Å². The zero-order valence-electron chi connectivity index (χ0n) is 19.1. The molecule has 0 saturated carbocycles. The maximum absolute atomic E-state index is 11.0. The van der Waals surface area contributed by atoms with E-state index in [1.165, 1.54) is 11.9 Å². The predicted molar refractivity (Wildman–Crippen MR) is 127 cm³/mol. The third-order valence-corrected chi connectivity index (χ3v) is 6.29. The van der Waals surface area contributed by atoms with Gasteiger partial charge in [-0.3, -0.25) is 4.57 Å². The molecule has 1 fully saturated rings. The lowest BCUT2D eigenvalue weighted by Crippen LogP contribution is -2.40. The van der Waals surface area contributed by atoms with E-state index in [0.717, 1.165) is 37.4 Å². The molecule has 2 aliphatic heterocycles. The number of fused-ring (bicyclic) bond motifs is 1. The molecule has 1 aromatic heterocycles. The standard InChI is InChI=1S/C25H28N4O5/c1-25(16-28-15-23(29(30)31)26-24(28)33-18-25)17-32-20-9-7-19(8-10-20)27-13-11-22(12-14-27)34-21-5-3-2-4-6-21/h2-10,15,22H,11-14,16-18H2,1H3/t25-/m1/s1. The highest BCUT2D eigenvalue weighted by Crippen LogP contribution is 2.32. The average Bonchev–Trinajstić information content (AvgIpc) is 3.28. The number of ether oxygens (including phenoxy) is 3. The zero-order chi connectivity index (χ0) is 23.5. The van der Waals surface area contributed by atoms with Gasteiger partial charge in [-0.05, 0) is 41.3 Å². The highest BCUT2D eigenvalue weighted by atomic mass is 16.6. The van der Waals surface area contributed by atoms with Crippen molar-refractivity contribution in [3.63, 3.8) is 0 Å². The first-order valence-electron chi connectivity index (χ1n) is 11.5. The van der Waals surface area contributed by atoms with Gasteiger partial charge < -0.3 is 29.2 Å². The molecular formula is C25H28N4O5. The number of hydrogen-bond acceptors (Lipinski definition) is 7. The smallest absolute Gasteiger partial charge is 0.414 e. The van der Waals surface area contributed by atoms with Crippen molar-refractivity contribution < 1.29 is 19.1 Å². The van der Waals surface area contributed by atoms with E-state index >= 15 is 0 Å². The van der Waals surface area contributed by atoms with Gasteiger partial charge >= 0.3 is 11.8 Å². The van der Waals surface area contributed by atoms with Gasteiger partial charge in [0.1, 0.15) is 30.4 Å². The Morgan fingerprint density at radius 3 is 2.56 bits per heavy atom. The molecule has 0 unspecified atom stereocenters. The van der Waals surface area contributed by atoms with Gasteiger partial charge in [-0.2, -0.15) is 0 Å². The van der Waals surface area contributed by atoms with Crippen molar-refractivity contribution in [2.75, 3.05) is 31.2 Å². The molecular weight excluding hydrogens is 436 g/mol. The first kappa shape index (κ1) is 22.1. The molecule has 0 radical (unpaired) electrons. The number of piperidine rings is 1. The molecule has 2 aromatic carbocycles. The summed E-state index contributed by atoms with van der Waals surface area (Å²) < 4.78 is 19.5. The first-order valence-corrected chi connectivity index (χ1v) is 11.5. The fraction of sp³-hybridized carbons (Fsp3) is 0.400. The van der Waals surface area contributed by atoms with Crippen molar-refractivity contribution in [3.05, 3.63) is 70.9 Å². The first-order chi connectivity index (χ1) is 16.5. The number of nitrogens with zero attached hydrogens (tertiary/aromatic N) is 4. The van der Waals surface area contributed by atoms with E-state index in [0.29, 0.717) is 19.8 Å². The summed E-state index contributed by atoms with van der Waals surface area (Å²) in [5.74, 6) is 1.52. The Balaban J connectivity index is 1.12. The Morgan fingerprint density at radius 1 is 1.12 bits per heavy atom. The minimum atomic E-state index is -0.511. The lowest BCUT2D eigenvalue weighted by molar-refractivity contribution is -0.389. The molecule has 2 aliphatic rings. The van der Waals surface area contributed by atoms with Gasteiger partial charge in [0.15, 0.2) is 0 Å². The molecule has 3 heterocycles. The second-order valence-electron chi connectivity index (χ2n) is 9.27. The summed E-state index contributed by atoms with van der Waals surface area (Å²) in [5.41, 5.74) is 0.856. The minimum absolute atomic E-state index is 0.202. The molecule has 34 heavy (non-hydrogen) atoms. The van der Waals surface area contributed by atoms with Crippen molar-refractivity contribution in [2.24, 2.45) is 5.41 Å². The predicted octanol–water partition coefficient (Wildman–Crippen LogP) is 4.32. The third-order valence-electron chi connectivity index (χ3n) is 6.29. The van der Waals surface area contributed by atoms with Crippen LogP contribution >= 0.6 is 0 Å². The van der Waals surface area contributed by atoms with Crippen LogP contribution in [-0.2, 0) is 6.54 Å². The van der Waals surface area contributed by atoms with Gasteiger partial charge in [0, 0.05) is 43.1 Å². The molecule has 9 heteroatoms. The number of rotatable bonds is 7. The average molecular weight is 465 g/mol. The highest BCUT2D eigenvalue weighted by molar-refractivity contribution is 5.49. The number of nitro groups is 1. The number of anilines is 1. The van der Waals surface area contributed by atoms with E-state index in [-0.39, 0.29) is 23.3 Å². The van der Waals surface area contributed by atoms with Gasteiger partial charge in [-0.25, -0.2) is 0 Å². The normalized spacial score (nSPS) is 20.3. The van der Waals surface area contributed by atoms with Crippen molar-refractivity contribution in [3.8, 4) is 17.5 Å². The monoisotopic (exact) mass is 464 g/mol. The van der Waals surface area contributed by atoms with Crippen LogP contribution in [0, 0.1) is 15.5 Å². The molecule has 1 atom stereocenters. The number of imidazole rings is 1. The van der Waals surface area contributed by atoms with Gasteiger partial charge in [-0.1, -0.05) is 25.1 Å². The molecule has 178 valence electrons. The van der Waals surface area contributed by atoms with Crippen molar-refractivity contribution in [1.82, 2.24) is 9.55 Å². The molecule has 0 aliphatic carbocycles. The van der Waals surface area contributed by atoms with E-state index in [1.54, 1.807) is 4.57 Å². The number of benzene rings is 2. The Bertz CT molecular complexity index is 1130. The van der Waals surface area contributed by atoms with E-state index in [9.17, 15) is 10.1 Å².